The molecule has 0 aliphatic rings. The van der Waals surface area contributed by atoms with Gasteiger partial charge in [-0.25, -0.2) is 0 Å². The van der Waals surface area contributed by atoms with Crippen molar-refractivity contribution in [3.63, 3.8) is 0 Å². The van der Waals surface area contributed by atoms with Crippen molar-refractivity contribution in [1.29, 1.82) is 0 Å². The van der Waals surface area contributed by atoms with Gasteiger partial charge >= 0.3 is 0 Å². The van der Waals surface area contributed by atoms with Gasteiger partial charge in [0.1, 0.15) is 16.7 Å². The molecule has 0 N–H and O–H groups in total. The predicted molar refractivity (Wildman–Crippen MR) is 245 cm³/mol. The van der Waals surface area contributed by atoms with E-state index in [2.05, 4.69) is 187 Å². The molecule has 3 aromatic heterocycles. The zero-order valence-electron chi connectivity index (χ0n) is 31.2. The molecule has 0 aliphatic heterocycles. The minimum absolute atomic E-state index is 0.847. The third-order valence-electron chi connectivity index (χ3n) is 11.5. The molecule has 0 bridgehead atoms. The first-order chi connectivity index (χ1) is 28.8. The minimum Gasteiger partial charge on any atom is -0.456 e. The topological polar surface area (TPSA) is 29.5 Å². The van der Waals surface area contributed by atoms with E-state index in [0.717, 1.165) is 83.2 Å². The van der Waals surface area contributed by atoms with E-state index in [4.69, 9.17) is 8.83 Å². The molecular weight excluding hydrogens is 727 g/mol. The molecule has 0 spiro atoms. The van der Waals surface area contributed by atoms with Crippen LogP contribution in [0.2, 0.25) is 0 Å². The van der Waals surface area contributed by atoms with Gasteiger partial charge in [0.15, 0.2) is 5.58 Å². The first-order valence-corrected chi connectivity index (χ1v) is 20.4. The van der Waals surface area contributed by atoms with Crippen molar-refractivity contribution in [1.82, 2.24) is 0 Å². The van der Waals surface area contributed by atoms with Gasteiger partial charge in [-0.05, 0) is 88.5 Å². The number of fused-ring (bicyclic) bond motifs is 9. The van der Waals surface area contributed by atoms with Crippen molar-refractivity contribution < 1.29 is 8.83 Å². The molecule has 3 nitrogen and oxygen atoms in total. The Hall–Kier alpha value is -7.40. The average Bonchev–Trinajstić information content (AvgIpc) is 3.99. The highest BCUT2D eigenvalue weighted by atomic mass is 32.1. The second kappa shape index (κ2) is 13.1. The maximum Gasteiger partial charge on any atom is 0.160 e. The lowest BCUT2D eigenvalue weighted by molar-refractivity contribution is 0.668. The van der Waals surface area contributed by atoms with Gasteiger partial charge in [-0.2, -0.15) is 0 Å². The van der Waals surface area contributed by atoms with Crippen molar-refractivity contribution in [2.75, 3.05) is 4.90 Å². The van der Waals surface area contributed by atoms with Crippen LogP contribution in [0.1, 0.15) is 0 Å². The Morgan fingerprint density at radius 1 is 0.328 bits per heavy atom. The van der Waals surface area contributed by atoms with Gasteiger partial charge in [0, 0.05) is 58.7 Å². The highest BCUT2D eigenvalue weighted by Gasteiger charge is 2.24. The molecule has 0 amide bonds. The Balaban J connectivity index is 1.08. The Morgan fingerprint density at radius 2 is 0.879 bits per heavy atom. The molecule has 12 aromatic rings. The SMILES string of the molecule is c1ccc(-c2ccc3c(oc4ccccc43)c2N(c2ccc(-c3cccc4oc5ccccc5c34)cc2)c2ccc(-c3cccc4sc5ccccc5c34)cc2)cc1. The van der Waals surface area contributed by atoms with Crippen LogP contribution in [0, 0.1) is 0 Å². The Morgan fingerprint density at radius 3 is 1.62 bits per heavy atom. The van der Waals surface area contributed by atoms with Gasteiger partial charge in [-0.3, -0.25) is 0 Å². The molecule has 272 valence electrons. The Labute approximate surface area is 338 Å². The molecule has 12 rings (SSSR count). The van der Waals surface area contributed by atoms with Gasteiger partial charge in [0.2, 0.25) is 0 Å². The summed E-state index contributed by atoms with van der Waals surface area (Å²) in [6, 6.07) is 71.4. The van der Waals surface area contributed by atoms with Crippen LogP contribution in [-0.2, 0) is 0 Å². The van der Waals surface area contributed by atoms with Crippen molar-refractivity contribution in [2.24, 2.45) is 0 Å². The summed E-state index contributed by atoms with van der Waals surface area (Å²) in [5, 5.41) is 7.03. The third kappa shape index (κ3) is 5.12. The van der Waals surface area contributed by atoms with E-state index in [1.54, 1.807) is 0 Å². The number of rotatable bonds is 6. The molecule has 0 radical (unpaired) electrons. The first-order valence-electron chi connectivity index (χ1n) is 19.6. The Kier molecular flexibility index (Phi) is 7.40. The van der Waals surface area contributed by atoms with Crippen LogP contribution in [0.4, 0.5) is 17.1 Å². The molecule has 0 fully saturated rings. The van der Waals surface area contributed by atoms with Gasteiger partial charge in [0.05, 0.1) is 5.69 Å². The minimum atomic E-state index is 0.847. The predicted octanol–water partition coefficient (Wildman–Crippen LogP) is 16.3. The summed E-state index contributed by atoms with van der Waals surface area (Å²) in [5.41, 5.74) is 13.4. The average molecular weight is 760 g/mol. The summed E-state index contributed by atoms with van der Waals surface area (Å²) < 4.78 is 15.7. The standard InChI is InChI=1S/C54H33NO2S/c1-2-12-34(13-3-1)41-32-33-43-42-14-4-7-19-46(42)57-54(43)53(41)55(37-28-24-35(25-29-37)39-17-10-21-48-51(39)44-15-5-8-20-47(44)56-48)38-30-26-36(27-31-38)40-18-11-23-50-52(40)45-16-6-9-22-49(45)58-50/h1-33H. The molecule has 3 heterocycles. The van der Waals surface area contributed by atoms with Crippen molar-refractivity contribution >= 4 is 92.4 Å². The van der Waals surface area contributed by atoms with Crippen LogP contribution in [0.3, 0.4) is 0 Å². The second-order valence-corrected chi connectivity index (χ2v) is 15.9. The molecule has 0 saturated heterocycles. The van der Waals surface area contributed by atoms with Gasteiger partial charge in [0.25, 0.3) is 0 Å². The van der Waals surface area contributed by atoms with Crippen molar-refractivity contribution in [3.05, 3.63) is 200 Å². The lowest BCUT2D eigenvalue weighted by atomic mass is 9.97. The fourth-order valence-corrected chi connectivity index (χ4v) is 10.00. The number of hydrogen-bond acceptors (Lipinski definition) is 4. The number of para-hydroxylation sites is 2. The number of nitrogens with zero attached hydrogens (tertiary/aromatic N) is 1. The summed E-state index contributed by atoms with van der Waals surface area (Å²) in [7, 11) is 0. The van der Waals surface area contributed by atoms with Crippen LogP contribution in [0.25, 0.3) is 97.4 Å². The number of hydrogen-bond donors (Lipinski definition) is 0. The Bertz CT molecular complexity index is 3340. The summed E-state index contributed by atoms with van der Waals surface area (Å²) in [6.45, 7) is 0. The van der Waals surface area contributed by atoms with Crippen LogP contribution < -0.4 is 4.90 Å². The van der Waals surface area contributed by atoms with Gasteiger partial charge in [-0.15, -0.1) is 11.3 Å². The summed E-state index contributed by atoms with van der Waals surface area (Å²) in [5.74, 6) is 0. The first kappa shape index (κ1) is 32.8. The highest BCUT2D eigenvalue weighted by molar-refractivity contribution is 7.25. The van der Waals surface area contributed by atoms with E-state index in [1.165, 1.54) is 31.3 Å². The lowest BCUT2D eigenvalue weighted by Crippen LogP contribution is -2.11. The summed E-state index contributed by atoms with van der Waals surface area (Å²) in [6.07, 6.45) is 0. The molecule has 0 unspecified atom stereocenters. The zero-order chi connectivity index (χ0) is 38.2. The van der Waals surface area contributed by atoms with E-state index in [0.29, 0.717) is 0 Å². The van der Waals surface area contributed by atoms with Crippen LogP contribution in [0.15, 0.2) is 209 Å². The smallest absolute Gasteiger partial charge is 0.160 e. The van der Waals surface area contributed by atoms with Crippen LogP contribution in [-0.4, -0.2) is 0 Å². The summed E-state index contributed by atoms with van der Waals surface area (Å²) >= 11 is 1.85. The number of furan rings is 2. The van der Waals surface area contributed by atoms with E-state index in [-0.39, 0.29) is 0 Å². The molecule has 4 heteroatoms. The zero-order valence-corrected chi connectivity index (χ0v) is 32.0. The monoisotopic (exact) mass is 759 g/mol. The molecule has 9 aromatic carbocycles. The molecule has 0 atom stereocenters. The number of benzene rings is 9. The van der Waals surface area contributed by atoms with Gasteiger partial charge in [-0.1, -0.05) is 140 Å². The van der Waals surface area contributed by atoms with Crippen LogP contribution in [0.5, 0.6) is 0 Å². The fraction of sp³-hybridized carbons (Fsp3) is 0. The summed E-state index contributed by atoms with van der Waals surface area (Å²) in [4.78, 5) is 2.37. The van der Waals surface area contributed by atoms with Gasteiger partial charge < -0.3 is 13.7 Å². The molecule has 0 saturated carbocycles. The lowest BCUT2D eigenvalue weighted by Gasteiger charge is -2.28. The van der Waals surface area contributed by atoms with Crippen LogP contribution >= 0.6 is 11.3 Å². The van der Waals surface area contributed by atoms with E-state index in [1.807, 2.05) is 29.5 Å². The highest BCUT2D eigenvalue weighted by Crippen LogP contribution is 2.49. The number of thiophene rings is 1. The van der Waals surface area contributed by atoms with Crippen molar-refractivity contribution in [3.8, 4) is 33.4 Å². The maximum absolute atomic E-state index is 6.87. The molecule has 58 heavy (non-hydrogen) atoms. The number of anilines is 3. The molecular formula is C54H33NO2S. The van der Waals surface area contributed by atoms with Crippen molar-refractivity contribution in [2.45, 2.75) is 0 Å². The van der Waals surface area contributed by atoms with E-state index in [9.17, 15) is 0 Å². The van der Waals surface area contributed by atoms with E-state index >= 15 is 0 Å². The normalized spacial score (nSPS) is 11.8. The van der Waals surface area contributed by atoms with E-state index < -0.39 is 0 Å². The third-order valence-corrected chi connectivity index (χ3v) is 12.6. The quantitative estimate of drug-likeness (QED) is 0.169. The largest absolute Gasteiger partial charge is 0.456 e. The molecule has 0 aliphatic carbocycles. The second-order valence-electron chi connectivity index (χ2n) is 14.8. The fourth-order valence-electron chi connectivity index (χ4n) is 8.87. The maximum atomic E-state index is 6.87.